The van der Waals surface area contributed by atoms with Crippen LogP contribution in [0.25, 0.3) is 0 Å². The van der Waals surface area contributed by atoms with Gasteiger partial charge in [-0.05, 0) is 42.6 Å². The van der Waals surface area contributed by atoms with Crippen LogP contribution < -0.4 is 5.32 Å². The minimum atomic E-state index is -1.80. The molecule has 0 aromatic heterocycles. The number of carboxylic acids is 2. The van der Waals surface area contributed by atoms with E-state index < -0.39 is 59.1 Å². The maximum atomic E-state index is 13.3. The third kappa shape index (κ3) is 10.9. The lowest BCUT2D eigenvalue weighted by atomic mass is 10.00. The molecule has 45 heavy (non-hydrogen) atoms. The Hall–Kier alpha value is -4.97. The second-order valence-corrected chi connectivity index (χ2v) is 10.4. The molecule has 10 nitrogen and oxygen atoms in total. The van der Waals surface area contributed by atoms with E-state index in [0.29, 0.717) is 12.0 Å². The van der Waals surface area contributed by atoms with Crippen LogP contribution in [0.3, 0.4) is 0 Å². The summed E-state index contributed by atoms with van der Waals surface area (Å²) in [4.78, 5) is 60.0. The van der Waals surface area contributed by atoms with Crippen molar-refractivity contribution in [3.05, 3.63) is 107 Å². The molecule has 0 aliphatic carbocycles. The maximum absolute atomic E-state index is 13.3. The smallest absolute Gasteiger partial charge is 0.417 e. The third-order valence-corrected chi connectivity index (χ3v) is 6.57. The number of carboxylic acid groups (broad SMARTS) is 2. The summed E-state index contributed by atoms with van der Waals surface area (Å²) in [6.07, 6.45) is -0.541. The van der Waals surface area contributed by atoms with Gasteiger partial charge in [-0.15, -0.1) is 0 Å². The van der Waals surface area contributed by atoms with Crippen LogP contribution in [0.15, 0.2) is 78.9 Å². The van der Waals surface area contributed by atoms with E-state index >= 15 is 0 Å². The van der Waals surface area contributed by atoms with Crippen LogP contribution in [-0.2, 0) is 36.9 Å². The maximum Gasteiger partial charge on any atom is 0.417 e. The van der Waals surface area contributed by atoms with Gasteiger partial charge in [0.05, 0.1) is 6.04 Å². The van der Waals surface area contributed by atoms with Crippen molar-refractivity contribution >= 4 is 30.2 Å². The number of ether oxygens (including phenoxy) is 1. The number of imide groups is 1. The number of halogens is 2. The fourth-order valence-corrected chi connectivity index (χ4v) is 4.33. The van der Waals surface area contributed by atoms with Crippen LogP contribution in [0.1, 0.15) is 42.9 Å². The zero-order valence-corrected chi connectivity index (χ0v) is 25.1. The zero-order valence-electron chi connectivity index (χ0n) is 25.1. The highest BCUT2D eigenvalue weighted by molar-refractivity contribution is 5.99. The van der Waals surface area contributed by atoms with Crippen LogP contribution in [-0.4, -0.2) is 64.5 Å². The Morgan fingerprint density at radius 1 is 0.844 bits per heavy atom. The second-order valence-electron chi connectivity index (χ2n) is 10.4. The molecular weight excluding hydrogens is 590 g/mol. The summed E-state index contributed by atoms with van der Waals surface area (Å²) in [5.41, 5.74) is 0.717. The zero-order chi connectivity index (χ0) is 33.5. The highest BCUT2D eigenvalue weighted by Gasteiger charge is 2.39. The lowest BCUT2D eigenvalue weighted by Crippen LogP contribution is -2.56. The minimum absolute atomic E-state index is 0.0101. The van der Waals surface area contributed by atoms with Crippen LogP contribution >= 0.6 is 0 Å². The lowest BCUT2D eigenvalue weighted by molar-refractivity contribution is -0.149. The Labute approximate surface area is 259 Å². The van der Waals surface area contributed by atoms with Crippen molar-refractivity contribution in [3.8, 4) is 0 Å². The molecule has 3 rings (SSSR count). The normalized spacial score (nSPS) is 12.6. The van der Waals surface area contributed by atoms with Gasteiger partial charge >= 0.3 is 18.0 Å². The first-order valence-electron chi connectivity index (χ1n) is 14.0. The molecule has 12 heteroatoms. The van der Waals surface area contributed by atoms with E-state index in [1.54, 1.807) is 55.6 Å². The molecule has 0 saturated carbocycles. The largest absolute Gasteiger partial charge is 0.480 e. The first-order valence-corrected chi connectivity index (χ1v) is 14.0. The Morgan fingerprint density at radius 2 is 1.38 bits per heavy atom. The number of hydrogen-bond donors (Lipinski definition) is 3. The standard InChI is InChI=1S/C24H30N2O5.C9H6F2O3/c1-17(2)14-20(25-3)22(27)26(24(30)31-16-19-12-8-5-9-13-19)21(23(28)29)15-18-10-6-4-7-11-18;10-6-2-1-3-7(11)8(6)5(4-12)9(13)14/h4-13,17,20-21,25H,14-16H2,1-3H3,(H,28,29);1-5H,(H,13,14)/t20-,21-;/m0./s1. The fraction of sp³-hybridized carbons (Fsp3) is 0.303. The number of nitrogens with one attached hydrogen (secondary N) is 1. The van der Waals surface area contributed by atoms with Gasteiger partial charge < -0.3 is 25.1 Å². The number of amides is 2. The van der Waals surface area contributed by atoms with Crippen LogP contribution in [0.5, 0.6) is 0 Å². The molecule has 0 saturated heterocycles. The SMILES string of the molecule is CN[C@@H](CC(C)C)C(=O)N(C(=O)OCc1ccccc1)[C@@H](Cc1ccccc1)C(=O)O.O=CC(C(=O)O)c1c(F)cccc1F. The highest BCUT2D eigenvalue weighted by Crippen LogP contribution is 2.21. The van der Waals surface area contributed by atoms with Gasteiger partial charge in [0.15, 0.2) is 0 Å². The molecule has 2 amide bonds. The van der Waals surface area contributed by atoms with E-state index in [1.165, 1.54) is 0 Å². The van der Waals surface area contributed by atoms with Crippen molar-refractivity contribution in [1.82, 2.24) is 10.2 Å². The first kappa shape index (κ1) is 36.2. The van der Waals surface area contributed by atoms with Gasteiger partial charge in [0.1, 0.15) is 36.5 Å². The van der Waals surface area contributed by atoms with E-state index in [1.807, 2.05) is 26.0 Å². The molecule has 0 fully saturated rings. The molecule has 3 atom stereocenters. The number of benzene rings is 3. The average molecular weight is 627 g/mol. The van der Waals surface area contributed by atoms with Crippen molar-refractivity contribution in [2.24, 2.45) is 5.92 Å². The number of hydrogen-bond acceptors (Lipinski definition) is 7. The van der Waals surface area contributed by atoms with Gasteiger partial charge in [-0.1, -0.05) is 80.6 Å². The molecule has 0 aliphatic heterocycles. The predicted octanol–water partition coefficient (Wildman–Crippen LogP) is 4.81. The van der Waals surface area contributed by atoms with Crippen molar-refractivity contribution in [2.45, 2.75) is 51.3 Å². The van der Waals surface area contributed by atoms with Crippen molar-refractivity contribution in [3.63, 3.8) is 0 Å². The molecule has 0 heterocycles. The number of aliphatic carboxylic acids is 2. The Balaban J connectivity index is 0.000000420. The molecule has 0 radical (unpaired) electrons. The first-order chi connectivity index (χ1) is 21.4. The number of carbonyl (C=O) groups is 5. The summed E-state index contributed by atoms with van der Waals surface area (Å²) in [7, 11) is 1.62. The van der Waals surface area contributed by atoms with Crippen LogP contribution in [0, 0.1) is 17.6 Å². The van der Waals surface area contributed by atoms with Crippen molar-refractivity contribution in [2.75, 3.05) is 7.05 Å². The molecule has 0 spiro atoms. The summed E-state index contributed by atoms with van der Waals surface area (Å²) >= 11 is 0. The van der Waals surface area contributed by atoms with E-state index in [2.05, 4.69) is 5.32 Å². The average Bonchev–Trinajstić information content (AvgIpc) is 3.01. The summed E-state index contributed by atoms with van der Waals surface area (Å²) in [6, 6.07) is 18.7. The predicted molar refractivity (Wildman–Crippen MR) is 160 cm³/mol. The van der Waals surface area contributed by atoms with Crippen molar-refractivity contribution in [1.29, 1.82) is 0 Å². The molecule has 3 N–H and O–H groups in total. The number of rotatable bonds is 13. The van der Waals surface area contributed by atoms with Gasteiger partial charge in [-0.3, -0.25) is 9.59 Å². The fourth-order valence-electron chi connectivity index (χ4n) is 4.33. The molecule has 1 unspecified atom stereocenters. The molecule has 3 aromatic rings. The summed E-state index contributed by atoms with van der Waals surface area (Å²) < 4.78 is 31.3. The second kappa shape index (κ2) is 18.0. The quantitative estimate of drug-likeness (QED) is 0.179. The Bertz CT molecular complexity index is 1420. The minimum Gasteiger partial charge on any atom is -0.480 e. The molecule has 0 aliphatic rings. The molecule has 240 valence electrons. The monoisotopic (exact) mass is 626 g/mol. The number of carbonyl (C=O) groups excluding carboxylic acids is 3. The van der Waals surface area contributed by atoms with Gasteiger partial charge in [0.2, 0.25) is 5.91 Å². The van der Waals surface area contributed by atoms with E-state index in [-0.39, 0.29) is 25.2 Å². The van der Waals surface area contributed by atoms with E-state index in [0.717, 1.165) is 28.7 Å². The summed E-state index contributed by atoms with van der Waals surface area (Å²) in [6.45, 7) is 3.85. The Kier molecular flexibility index (Phi) is 14.5. The van der Waals surface area contributed by atoms with Crippen LogP contribution in [0.2, 0.25) is 0 Å². The summed E-state index contributed by atoms with van der Waals surface area (Å²) in [5, 5.41) is 21.3. The third-order valence-electron chi connectivity index (χ3n) is 6.57. The van der Waals surface area contributed by atoms with Crippen molar-refractivity contribution < 1.29 is 47.7 Å². The van der Waals surface area contributed by atoms with Gasteiger partial charge in [0, 0.05) is 12.0 Å². The Morgan fingerprint density at radius 3 is 1.82 bits per heavy atom. The molecule has 3 aromatic carbocycles. The van der Waals surface area contributed by atoms with Gasteiger partial charge in [-0.2, -0.15) is 0 Å². The molecule has 0 bridgehead atoms. The topological polar surface area (TPSA) is 150 Å². The number of likely N-dealkylation sites (N-methyl/N-ethyl adjacent to an activating group) is 1. The number of nitrogens with zero attached hydrogens (tertiary/aromatic N) is 1. The summed E-state index contributed by atoms with van der Waals surface area (Å²) in [5.74, 6) is -7.17. The lowest BCUT2D eigenvalue weighted by Gasteiger charge is -2.30. The van der Waals surface area contributed by atoms with Gasteiger partial charge in [0.25, 0.3) is 0 Å². The highest BCUT2D eigenvalue weighted by atomic mass is 19.1. The number of aldehydes is 1. The van der Waals surface area contributed by atoms with Crippen LogP contribution in [0.4, 0.5) is 13.6 Å². The molecular formula is C33H36F2N2O8. The van der Waals surface area contributed by atoms with E-state index in [9.17, 15) is 37.9 Å². The van der Waals surface area contributed by atoms with Gasteiger partial charge in [-0.25, -0.2) is 23.3 Å². The van der Waals surface area contributed by atoms with E-state index in [4.69, 9.17) is 9.84 Å².